The van der Waals surface area contributed by atoms with Crippen LogP contribution in [0.1, 0.15) is 29.5 Å². The fraction of sp³-hybridized carbons (Fsp3) is 0.314. The largest absolute Gasteiger partial charge is 0.384 e. The first-order valence-electron chi connectivity index (χ1n) is 15.5. The number of aryl methyl sites for hydroxylation is 2. The Hall–Kier alpha value is -4.25. The summed E-state index contributed by atoms with van der Waals surface area (Å²) in [4.78, 5) is 17.8. The molecule has 10 heteroatoms. The van der Waals surface area contributed by atoms with Gasteiger partial charge in [-0.25, -0.2) is 8.42 Å². The van der Waals surface area contributed by atoms with Crippen LogP contribution < -0.4 is 14.9 Å². The molecule has 0 atom stereocenters. The van der Waals surface area contributed by atoms with Gasteiger partial charge in [0.1, 0.15) is 5.84 Å². The highest BCUT2D eigenvalue weighted by molar-refractivity contribution is 7.93. The molecule has 1 saturated heterocycles. The summed E-state index contributed by atoms with van der Waals surface area (Å²) in [6.07, 6.45) is 2.51. The van der Waals surface area contributed by atoms with E-state index in [-0.39, 0.29) is 16.6 Å². The Morgan fingerprint density at radius 3 is 2.47 bits per heavy atom. The molecule has 45 heavy (non-hydrogen) atoms. The van der Waals surface area contributed by atoms with Crippen LogP contribution in [0, 0.1) is 5.41 Å². The van der Waals surface area contributed by atoms with Gasteiger partial charge in [0, 0.05) is 55.8 Å². The maximum Gasteiger partial charge on any atom is 0.264 e. The van der Waals surface area contributed by atoms with Gasteiger partial charge in [-0.05, 0) is 60.0 Å². The third kappa shape index (κ3) is 6.73. The van der Waals surface area contributed by atoms with E-state index in [4.69, 9.17) is 15.9 Å². The fourth-order valence-electron chi connectivity index (χ4n) is 6.22. The number of hydrogen-bond donors (Lipinski definition) is 2. The topological polar surface area (TPSA) is 120 Å². The molecule has 9 nitrogen and oxygen atoms in total. The molecule has 6 rings (SSSR count). The number of anilines is 2. The number of hydrogen-bond acceptors (Lipinski definition) is 6. The van der Waals surface area contributed by atoms with E-state index in [0.717, 1.165) is 48.1 Å². The molecular weight excluding hydrogens is 586 g/mol. The van der Waals surface area contributed by atoms with Gasteiger partial charge in [0.25, 0.3) is 10.0 Å². The molecule has 2 aliphatic heterocycles. The average Bonchev–Trinajstić information content (AvgIpc) is 3.07. The zero-order chi connectivity index (χ0) is 31.4. The van der Waals surface area contributed by atoms with Gasteiger partial charge in [-0.2, -0.15) is 0 Å². The summed E-state index contributed by atoms with van der Waals surface area (Å²) in [5.74, 6) is 0.0541. The molecule has 0 unspecified atom stereocenters. The summed E-state index contributed by atoms with van der Waals surface area (Å²) >= 11 is 0. The summed E-state index contributed by atoms with van der Waals surface area (Å²) < 4.78 is 35.9. The van der Waals surface area contributed by atoms with E-state index in [1.165, 1.54) is 4.31 Å². The zero-order valence-corrected chi connectivity index (χ0v) is 26.1. The van der Waals surface area contributed by atoms with Gasteiger partial charge in [0.2, 0.25) is 5.91 Å². The second-order valence-corrected chi connectivity index (χ2v) is 13.4. The quantitative estimate of drug-likeness (QED) is 0.197. The van der Waals surface area contributed by atoms with Crippen molar-refractivity contribution in [2.75, 3.05) is 55.1 Å². The summed E-state index contributed by atoms with van der Waals surface area (Å²) in [6, 6.07) is 26.1. The van der Waals surface area contributed by atoms with E-state index < -0.39 is 10.0 Å². The number of nitrogens with zero attached hydrogens (tertiary/aromatic N) is 3. The van der Waals surface area contributed by atoms with Crippen molar-refractivity contribution < 1.29 is 17.9 Å². The molecule has 1 fully saturated rings. The summed E-state index contributed by atoms with van der Waals surface area (Å²) in [6.45, 7) is 4.33. The lowest BCUT2D eigenvalue weighted by atomic mass is 9.99. The van der Waals surface area contributed by atoms with E-state index in [0.29, 0.717) is 62.3 Å². The number of carbonyl (C=O) groups is 1. The van der Waals surface area contributed by atoms with Crippen molar-refractivity contribution in [3.8, 4) is 0 Å². The van der Waals surface area contributed by atoms with Crippen LogP contribution in [0.15, 0.2) is 89.8 Å². The smallest absolute Gasteiger partial charge is 0.264 e. The number of sulfonamides is 1. The number of nitrogen functional groups attached to an aromatic ring is 1. The summed E-state index contributed by atoms with van der Waals surface area (Å²) in [7, 11) is -3.91. The van der Waals surface area contributed by atoms with Crippen LogP contribution in [0.25, 0.3) is 10.8 Å². The molecule has 2 heterocycles. The van der Waals surface area contributed by atoms with E-state index >= 15 is 0 Å². The molecule has 0 saturated carbocycles. The summed E-state index contributed by atoms with van der Waals surface area (Å²) in [5.41, 5.74) is 9.66. The first-order valence-corrected chi connectivity index (χ1v) is 16.9. The second kappa shape index (κ2) is 13.4. The standard InChI is InChI=1S/C35H39N5O4S/c36-35(37)28-13-10-26(11-14-28)12-17-34(41)39-18-4-7-29-25-30(15-16-32(29)39)40(20-19-38-21-23-44-24-22-38)45(42,43)33-9-3-6-27-5-1-2-8-31(27)33/h1-3,5-6,8-11,13-16,25H,4,7,12,17-24H2,(H3,36,37). The van der Waals surface area contributed by atoms with E-state index in [2.05, 4.69) is 4.90 Å². The number of benzene rings is 4. The molecular formula is C35H39N5O4S. The molecule has 0 bridgehead atoms. The number of nitrogens with one attached hydrogen (secondary N) is 1. The van der Waals surface area contributed by atoms with Crippen LogP contribution in [0.4, 0.5) is 11.4 Å². The minimum absolute atomic E-state index is 0.0199. The number of nitrogens with two attached hydrogens (primary N) is 1. The predicted molar refractivity (Wildman–Crippen MR) is 179 cm³/mol. The molecule has 4 aromatic carbocycles. The number of ether oxygens (including phenoxy) is 1. The van der Waals surface area contributed by atoms with Crippen molar-refractivity contribution in [3.63, 3.8) is 0 Å². The highest BCUT2D eigenvalue weighted by Gasteiger charge is 2.30. The van der Waals surface area contributed by atoms with Gasteiger partial charge in [0.15, 0.2) is 0 Å². The Kier molecular flexibility index (Phi) is 9.16. The van der Waals surface area contributed by atoms with Gasteiger partial charge in [-0.15, -0.1) is 0 Å². The third-order valence-electron chi connectivity index (χ3n) is 8.70. The highest BCUT2D eigenvalue weighted by Crippen LogP contribution is 2.35. The van der Waals surface area contributed by atoms with Gasteiger partial charge in [-0.3, -0.25) is 19.4 Å². The van der Waals surface area contributed by atoms with Gasteiger partial charge in [0.05, 0.1) is 23.8 Å². The van der Waals surface area contributed by atoms with Crippen LogP contribution >= 0.6 is 0 Å². The van der Waals surface area contributed by atoms with Gasteiger partial charge < -0.3 is 15.4 Å². The lowest BCUT2D eigenvalue weighted by molar-refractivity contribution is -0.118. The molecule has 1 amide bonds. The third-order valence-corrected chi connectivity index (χ3v) is 10.6. The molecule has 0 radical (unpaired) electrons. The second-order valence-electron chi connectivity index (χ2n) is 11.6. The van der Waals surface area contributed by atoms with Crippen molar-refractivity contribution in [1.29, 1.82) is 5.41 Å². The van der Waals surface area contributed by atoms with Crippen molar-refractivity contribution in [1.82, 2.24) is 4.90 Å². The SMILES string of the molecule is N=C(N)c1ccc(CCC(=O)N2CCCc3cc(N(CCN4CCOCC4)S(=O)(=O)c4cccc5ccccc45)ccc32)cc1. The van der Waals surface area contributed by atoms with Crippen LogP contribution in [0.3, 0.4) is 0 Å². The van der Waals surface area contributed by atoms with E-state index in [1.807, 2.05) is 65.6 Å². The Bertz CT molecular complexity index is 1800. The van der Waals surface area contributed by atoms with Gasteiger partial charge >= 0.3 is 0 Å². The number of amides is 1. The average molecular weight is 626 g/mol. The molecule has 4 aromatic rings. The highest BCUT2D eigenvalue weighted by atomic mass is 32.2. The molecule has 0 aliphatic carbocycles. The van der Waals surface area contributed by atoms with Crippen LogP contribution in [0.5, 0.6) is 0 Å². The lowest BCUT2D eigenvalue weighted by Gasteiger charge is -2.33. The molecule has 234 valence electrons. The molecule has 3 N–H and O–H groups in total. The maximum absolute atomic E-state index is 14.4. The van der Waals surface area contributed by atoms with Crippen molar-refractivity contribution in [3.05, 3.63) is 102 Å². The number of rotatable bonds is 10. The van der Waals surface area contributed by atoms with E-state index in [1.54, 1.807) is 24.3 Å². The van der Waals surface area contributed by atoms with Crippen LogP contribution in [-0.2, 0) is 32.4 Å². The fourth-order valence-corrected chi connectivity index (χ4v) is 7.88. The number of carbonyl (C=O) groups excluding carboxylic acids is 1. The van der Waals surface area contributed by atoms with Crippen LogP contribution in [-0.4, -0.2) is 71.0 Å². The van der Waals surface area contributed by atoms with Crippen molar-refractivity contribution in [2.45, 2.75) is 30.6 Å². The minimum Gasteiger partial charge on any atom is -0.384 e. The van der Waals surface area contributed by atoms with Gasteiger partial charge in [-0.1, -0.05) is 60.7 Å². The minimum atomic E-state index is -3.91. The Balaban J connectivity index is 1.27. The van der Waals surface area contributed by atoms with Crippen molar-refractivity contribution in [2.24, 2.45) is 5.73 Å². The van der Waals surface area contributed by atoms with Crippen LogP contribution in [0.2, 0.25) is 0 Å². The lowest BCUT2D eigenvalue weighted by Crippen LogP contribution is -2.43. The summed E-state index contributed by atoms with van der Waals surface area (Å²) in [5, 5.41) is 9.15. The number of amidine groups is 1. The Labute approximate surface area is 264 Å². The number of morpholine rings is 1. The van der Waals surface area contributed by atoms with E-state index in [9.17, 15) is 13.2 Å². The Morgan fingerprint density at radius 1 is 0.933 bits per heavy atom. The first kappa shape index (κ1) is 30.8. The molecule has 0 aromatic heterocycles. The number of fused-ring (bicyclic) bond motifs is 2. The monoisotopic (exact) mass is 625 g/mol. The molecule has 2 aliphatic rings. The maximum atomic E-state index is 14.4. The normalized spacial score (nSPS) is 15.5. The van der Waals surface area contributed by atoms with Crippen molar-refractivity contribution >= 4 is 43.9 Å². The molecule has 0 spiro atoms. The Morgan fingerprint density at radius 2 is 1.69 bits per heavy atom. The predicted octanol–water partition coefficient (Wildman–Crippen LogP) is 4.56. The first-order chi connectivity index (χ1) is 21.8. The zero-order valence-electron chi connectivity index (χ0n) is 25.3.